The largest absolute Gasteiger partial charge is 0.296 e. The normalized spacial score (nSPS) is 11.4. The van der Waals surface area contributed by atoms with Gasteiger partial charge in [-0.2, -0.15) is 0 Å². The molecule has 0 aliphatic rings. The van der Waals surface area contributed by atoms with Crippen molar-refractivity contribution >= 4 is 22.4 Å². The molecule has 2 aromatic rings. The second kappa shape index (κ2) is 5.05. The van der Waals surface area contributed by atoms with Crippen LogP contribution in [0.3, 0.4) is 0 Å². The molecule has 1 N–H and O–H groups in total. The molecule has 0 spiro atoms. The maximum atomic E-state index is 11.9. The number of hydrogen-bond donors (Lipinski definition) is 1. The van der Waals surface area contributed by atoms with Gasteiger partial charge >= 0.3 is 0 Å². The van der Waals surface area contributed by atoms with Crippen molar-refractivity contribution in [2.24, 2.45) is 0 Å². The van der Waals surface area contributed by atoms with Gasteiger partial charge in [-0.15, -0.1) is 11.3 Å². The molecule has 0 radical (unpaired) electrons. The molecule has 0 aliphatic heterocycles. The first-order chi connectivity index (χ1) is 8.86. The molecule has 0 saturated heterocycles. The number of aromatic nitrogens is 3. The number of anilines is 1. The zero-order valence-corrected chi connectivity index (χ0v) is 12.2. The molecule has 2 rings (SSSR count). The fourth-order valence-electron chi connectivity index (χ4n) is 1.41. The van der Waals surface area contributed by atoms with Crippen LogP contribution in [0.2, 0.25) is 0 Å². The first kappa shape index (κ1) is 13.6. The van der Waals surface area contributed by atoms with Gasteiger partial charge in [-0.1, -0.05) is 20.8 Å². The summed E-state index contributed by atoms with van der Waals surface area (Å²) in [7, 11) is 0. The van der Waals surface area contributed by atoms with Crippen molar-refractivity contribution in [1.29, 1.82) is 0 Å². The highest BCUT2D eigenvalue weighted by Gasteiger charge is 2.17. The van der Waals surface area contributed by atoms with Crippen molar-refractivity contribution in [3.05, 3.63) is 34.9 Å². The molecule has 2 aromatic heterocycles. The van der Waals surface area contributed by atoms with Gasteiger partial charge in [0.1, 0.15) is 5.69 Å². The zero-order valence-electron chi connectivity index (χ0n) is 11.4. The number of carbonyl (C=O) groups excluding carboxylic acids is 1. The van der Waals surface area contributed by atoms with E-state index in [1.54, 1.807) is 6.20 Å². The van der Waals surface area contributed by atoms with Crippen LogP contribution in [0.4, 0.5) is 5.13 Å². The highest BCUT2D eigenvalue weighted by Crippen LogP contribution is 2.19. The van der Waals surface area contributed by atoms with Crippen LogP contribution in [0.15, 0.2) is 17.8 Å². The van der Waals surface area contributed by atoms with Crippen LogP contribution in [-0.4, -0.2) is 20.9 Å². The second-order valence-corrected chi connectivity index (χ2v) is 6.14. The SMILES string of the molecule is Cc1csc(NC(=O)c2cnc(C(C)(C)C)cn2)n1. The van der Waals surface area contributed by atoms with Crippen molar-refractivity contribution in [2.75, 3.05) is 5.32 Å². The Kier molecular flexibility index (Phi) is 3.61. The number of aryl methyl sites for hydroxylation is 1. The molecule has 0 aromatic carbocycles. The maximum Gasteiger partial charge on any atom is 0.277 e. The quantitative estimate of drug-likeness (QED) is 0.915. The van der Waals surface area contributed by atoms with E-state index in [4.69, 9.17) is 0 Å². The number of hydrogen-bond acceptors (Lipinski definition) is 5. The summed E-state index contributed by atoms with van der Waals surface area (Å²) in [5.74, 6) is -0.290. The van der Waals surface area contributed by atoms with Crippen LogP contribution in [-0.2, 0) is 5.41 Å². The second-order valence-electron chi connectivity index (χ2n) is 5.29. The molecule has 5 nitrogen and oxygen atoms in total. The molecule has 2 heterocycles. The van der Waals surface area contributed by atoms with Crippen molar-refractivity contribution in [3.63, 3.8) is 0 Å². The van der Waals surface area contributed by atoms with Crippen molar-refractivity contribution in [3.8, 4) is 0 Å². The van der Waals surface area contributed by atoms with E-state index in [-0.39, 0.29) is 11.3 Å². The van der Waals surface area contributed by atoms with Gasteiger partial charge < -0.3 is 0 Å². The number of nitrogens with one attached hydrogen (secondary N) is 1. The van der Waals surface area contributed by atoms with E-state index < -0.39 is 0 Å². The van der Waals surface area contributed by atoms with Crippen molar-refractivity contribution < 1.29 is 4.79 Å². The lowest BCUT2D eigenvalue weighted by Crippen LogP contribution is -2.18. The molecule has 1 amide bonds. The van der Waals surface area contributed by atoms with Gasteiger partial charge in [-0.05, 0) is 6.92 Å². The lowest BCUT2D eigenvalue weighted by molar-refractivity contribution is 0.102. The summed E-state index contributed by atoms with van der Waals surface area (Å²) in [4.78, 5) is 24.5. The molecule has 0 bridgehead atoms. The van der Waals surface area contributed by atoms with Gasteiger partial charge in [-0.3, -0.25) is 15.1 Å². The molecule has 0 atom stereocenters. The number of rotatable bonds is 2. The lowest BCUT2D eigenvalue weighted by atomic mass is 9.93. The first-order valence-electron chi connectivity index (χ1n) is 5.92. The summed E-state index contributed by atoms with van der Waals surface area (Å²) in [6.07, 6.45) is 3.14. The van der Waals surface area contributed by atoms with Gasteiger partial charge in [0.25, 0.3) is 5.91 Å². The smallest absolute Gasteiger partial charge is 0.277 e. The van der Waals surface area contributed by atoms with Crippen LogP contribution >= 0.6 is 11.3 Å². The summed E-state index contributed by atoms with van der Waals surface area (Å²) in [5, 5.41) is 5.16. The Morgan fingerprint density at radius 1 is 1.26 bits per heavy atom. The Labute approximate surface area is 116 Å². The number of thiazole rings is 1. The molecular weight excluding hydrogens is 260 g/mol. The predicted octanol–water partition coefficient (Wildman–Crippen LogP) is 2.79. The van der Waals surface area contributed by atoms with E-state index in [2.05, 4.69) is 41.0 Å². The van der Waals surface area contributed by atoms with E-state index >= 15 is 0 Å². The minimum absolute atomic E-state index is 0.0750. The average Bonchev–Trinajstić information content (AvgIpc) is 2.74. The van der Waals surface area contributed by atoms with E-state index in [1.165, 1.54) is 17.5 Å². The standard InChI is InChI=1S/C13H16N4OS/c1-8-7-19-12(16-8)17-11(18)9-5-15-10(6-14-9)13(2,3)4/h5-7H,1-4H3,(H,16,17,18). The van der Waals surface area contributed by atoms with Gasteiger partial charge in [0, 0.05) is 17.0 Å². The fraction of sp³-hybridized carbons (Fsp3) is 0.385. The zero-order chi connectivity index (χ0) is 14.0. The fourth-order valence-corrected chi connectivity index (χ4v) is 2.09. The summed E-state index contributed by atoms with van der Waals surface area (Å²) in [5.41, 5.74) is 1.96. The van der Waals surface area contributed by atoms with Crippen LogP contribution in [0.5, 0.6) is 0 Å². The summed E-state index contributed by atoms with van der Waals surface area (Å²) >= 11 is 1.39. The van der Waals surface area contributed by atoms with E-state index in [1.807, 2.05) is 12.3 Å². The number of carbonyl (C=O) groups is 1. The van der Waals surface area contributed by atoms with Gasteiger partial charge in [0.15, 0.2) is 5.13 Å². The van der Waals surface area contributed by atoms with Crippen LogP contribution < -0.4 is 5.32 Å². The third kappa shape index (κ3) is 3.35. The number of nitrogens with zero attached hydrogens (tertiary/aromatic N) is 3. The van der Waals surface area contributed by atoms with E-state index in [0.717, 1.165) is 11.4 Å². The van der Waals surface area contributed by atoms with Crippen molar-refractivity contribution in [1.82, 2.24) is 15.0 Å². The minimum Gasteiger partial charge on any atom is -0.296 e. The molecule has 0 fully saturated rings. The highest BCUT2D eigenvalue weighted by molar-refractivity contribution is 7.13. The van der Waals surface area contributed by atoms with Gasteiger partial charge in [0.05, 0.1) is 17.6 Å². The highest BCUT2D eigenvalue weighted by atomic mass is 32.1. The summed E-state index contributed by atoms with van der Waals surface area (Å²) < 4.78 is 0. The Balaban J connectivity index is 2.12. The molecule has 19 heavy (non-hydrogen) atoms. The van der Waals surface area contributed by atoms with Gasteiger partial charge in [0.2, 0.25) is 0 Å². The Morgan fingerprint density at radius 3 is 2.47 bits per heavy atom. The topological polar surface area (TPSA) is 67.8 Å². The summed E-state index contributed by atoms with van der Waals surface area (Å²) in [6.45, 7) is 8.03. The van der Waals surface area contributed by atoms with Crippen LogP contribution in [0, 0.1) is 6.92 Å². The predicted molar refractivity (Wildman–Crippen MR) is 75.5 cm³/mol. The molecule has 6 heteroatoms. The minimum atomic E-state index is -0.290. The lowest BCUT2D eigenvalue weighted by Gasteiger charge is -2.16. The molecular formula is C13H16N4OS. The summed E-state index contributed by atoms with van der Waals surface area (Å²) in [6, 6.07) is 0. The molecule has 100 valence electrons. The third-order valence-corrected chi connectivity index (χ3v) is 3.37. The van der Waals surface area contributed by atoms with Crippen LogP contribution in [0.25, 0.3) is 0 Å². The first-order valence-corrected chi connectivity index (χ1v) is 6.80. The van der Waals surface area contributed by atoms with Gasteiger partial charge in [-0.25, -0.2) is 9.97 Å². The Morgan fingerprint density at radius 2 is 2.00 bits per heavy atom. The molecule has 0 unspecified atom stereocenters. The number of amides is 1. The molecule has 0 aliphatic carbocycles. The van der Waals surface area contributed by atoms with Crippen molar-refractivity contribution in [2.45, 2.75) is 33.1 Å². The van der Waals surface area contributed by atoms with E-state index in [0.29, 0.717) is 10.8 Å². The van der Waals surface area contributed by atoms with Crippen LogP contribution in [0.1, 0.15) is 42.6 Å². The van der Waals surface area contributed by atoms with E-state index in [9.17, 15) is 4.79 Å². The Bertz CT molecular complexity index is 583. The maximum absolute atomic E-state index is 11.9. The monoisotopic (exact) mass is 276 g/mol. The Hall–Kier alpha value is -1.82. The third-order valence-electron chi connectivity index (χ3n) is 2.49. The average molecular weight is 276 g/mol. The molecule has 0 saturated carbocycles.